The number of nitrogens with zero attached hydrogens (tertiary/aromatic N) is 3. The van der Waals surface area contributed by atoms with Crippen LogP contribution in [0.3, 0.4) is 0 Å². The van der Waals surface area contributed by atoms with Gasteiger partial charge in [0.1, 0.15) is 17.2 Å². The smallest absolute Gasteiger partial charge is 0.410 e. The summed E-state index contributed by atoms with van der Waals surface area (Å²) in [6.07, 6.45) is 2.63. The van der Waals surface area contributed by atoms with Crippen molar-refractivity contribution in [1.29, 1.82) is 0 Å². The van der Waals surface area contributed by atoms with Crippen LogP contribution in [-0.4, -0.2) is 46.6 Å². The summed E-state index contributed by atoms with van der Waals surface area (Å²) in [5.74, 6) is -0.362. The Balaban J connectivity index is 1.95. The summed E-state index contributed by atoms with van der Waals surface area (Å²) < 4.78 is 20.0. The molecule has 0 unspecified atom stereocenters. The first-order valence-corrected chi connectivity index (χ1v) is 11.0. The van der Waals surface area contributed by atoms with Gasteiger partial charge >= 0.3 is 6.09 Å². The molecule has 1 aliphatic heterocycles. The maximum Gasteiger partial charge on any atom is 0.410 e. The second-order valence-corrected chi connectivity index (χ2v) is 9.52. The molecule has 6 nitrogen and oxygen atoms in total. The molecule has 1 aromatic carbocycles. The van der Waals surface area contributed by atoms with Crippen LogP contribution in [0.2, 0.25) is 0 Å². The number of pyridine rings is 1. The van der Waals surface area contributed by atoms with Gasteiger partial charge in [0.05, 0.1) is 10.5 Å². The molecule has 2 heterocycles. The summed E-state index contributed by atoms with van der Waals surface area (Å²) in [6, 6.07) is 7.67. The molecule has 8 heteroatoms. The van der Waals surface area contributed by atoms with Crippen LogP contribution in [0.4, 0.5) is 15.0 Å². The maximum absolute atomic E-state index is 14.1. The highest BCUT2D eigenvalue weighted by molar-refractivity contribution is 9.10. The fraction of sp³-hybridized carbons (Fsp3) is 0.435. The number of hydrogen-bond donors (Lipinski definition) is 0. The lowest BCUT2D eigenvalue weighted by atomic mass is 10.0. The first kappa shape index (κ1) is 23.2. The molecule has 2 amide bonds. The van der Waals surface area contributed by atoms with Gasteiger partial charge in [0.25, 0.3) is 5.91 Å². The van der Waals surface area contributed by atoms with Gasteiger partial charge in [-0.05, 0) is 86.3 Å². The Morgan fingerprint density at radius 2 is 2.03 bits per heavy atom. The number of carbonyl (C=O) groups is 2. The van der Waals surface area contributed by atoms with Crippen molar-refractivity contribution in [1.82, 2.24) is 9.88 Å². The fourth-order valence-electron chi connectivity index (χ4n) is 3.59. The van der Waals surface area contributed by atoms with Crippen molar-refractivity contribution in [3.8, 4) is 0 Å². The zero-order valence-corrected chi connectivity index (χ0v) is 19.8. The number of halogens is 2. The van der Waals surface area contributed by atoms with Crippen LogP contribution < -0.4 is 4.90 Å². The molecule has 0 N–H and O–H groups in total. The molecule has 1 atom stereocenters. The molecule has 2 aromatic rings. The van der Waals surface area contributed by atoms with Gasteiger partial charge in [0, 0.05) is 24.8 Å². The lowest BCUT2D eigenvalue weighted by molar-refractivity contribution is 0.0196. The SMILES string of the molecule is Cc1cccnc1N(C(=O)c1ccc(Br)c(F)c1)[C@@H]1CCCN(C(=O)OC(C)(C)C)C1. The molecule has 166 valence electrons. The molecule has 1 aromatic heterocycles. The molecule has 3 rings (SSSR count). The van der Waals surface area contributed by atoms with E-state index in [-0.39, 0.29) is 17.5 Å². The molecule has 0 spiro atoms. The number of ether oxygens (including phenoxy) is 1. The van der Waals surface area contributed by atoms with E-state index in [9.17, 15) is 14.0 Å². The van der Waals surface area contributed by atoms with Gasteiger partial charge in [-0.1, -0.05) is 6.07 Å². The number of rotatable bonds is 3. The number of aryl methyl sites for hydroxylation is 1. The number of piperidine rings is 1. The molecule has 31 heavy (non-hydrogen) atoms. The van der Waals surface area contributed by atoms with Gasteiger partial charge in [-0.3, -0.25) is 9.69 Å². The zero-order valence-electron chi connectivity index (χ0n) is 18.2. The lowest BCUT2D eigenvalue weighted by Gasteiger charge is -2.39. The monoisotopic (exact) mass is 491 g/mol. The highest BCUT2D eigenvalue weighted by atomic mass is 79.9. The molecule has 0 bridgehead atoms. The van der Waals surface area contributed by atoms with E-state index in [1.54, 1.807) is 28.1 Å². The van der Waals surface area contributed by atoms with Gasteiger partial charge in [-0.15, -0.1) is 0 Å². The van der Waals surface area contributed by atoms with Crippen LogP contribution in [0, 0.1) is 12.7 Å². The van der Waals surface area contributed by atoms with E-state index in [1.165, 1.54) is 12.1 Å². The highest BCUT2D eigenvalue weighted by Gasteiger charge is 2.35. The van der Waals surface area contributed by atoms with Crippen molar-refractivity contribution in [2.45, 2.75) is 52.2 Å². The highest BCUT2D eigenvalue weighted by Crippen LogP contribution is 2.28. The Hall–Kier alpha value is -2.48. The van der Waals surface area contributed by atoms with Crippen molar-refractivity contribution in [2.24, 2.45) is 0 Å². The number of benzene rings is 1. The Labute approximate surface area is 190 Å². The maximum atomic E-state index is 14.1. The van der Waals surface area contributed by atoms with Crippen LogP contribution in [0.15, 0.2) is 41.0 Å². The third-order valence-electron chi connectivity index (χ3n) is 5.01. The van der Waals surface area contributed by atoms with Crippen LogP contribution >= 0.6 is 15.9 Å². The largest absolute Gasteiger partial charge is 0.444 e. The summed E-state index contributed by atoms with van der Waals surface area (Å²) in [5.41, 5.74) is 0.439. The van der Waals surface area contributed by atoms with Crippen LogP contribution in [0.5, 0.6) is 0 Å². The lowest BCUT2D eigenvalue weighted by Crippen LogP contribution is -2.53. The second kappa shape index (κ2) is 9.34. The molecule has 1 saturated heterocycles. The van der Waals surface area contributed by atoms with Crippen molar-refractivity contribution in [2.75, 3.05) is 18.0 Å². The summed E-state index contributed by atoms with van der Waals surface area (Å²) in [6.45, 7) is 8.21. The number of amides is 2. The third kappa shape index (κ3) is 5.61. The number of likely N-dealkylation sites (tertiary alicyclic amines) is 1. The predicted molar refractivity (Wildman–Crippen MR) is 121 cm³/mol. The topological polar surface area (TPSA) is 62.7 Å². The van der Waals surface area contributed by atoms with Crippen molar-refractivity contribution in [3.05, 3.63) is 57.9 Å². The first-order chi connectivity index (χ1) is 14.6. The molecule has 0 saturated carbocycles. The van der Waals surface area contributed by atoms with Gasteiger partial charge < -0.3 is 9.64 Å². The van der Waals surface area contributed by atoms with E-state index in [0.29, 0.717) is 36.2 Å². The van der Waals surface area contributed by atoms with Gasteiger partial charge in [0.2, 0.25) is 0 Å². The van der Waals surface area contributed by atoms with Crippen LogP contribution in [0.25, 0.3) is 0 Å². The van der Waals surface area contributed by atoms with Gasteiger partial charge in [0.15, 0.2) is 0 Å². The average Bonchev–Trinajstić information content (AvgIpc) is 2.70. The molecular formula is C23H27BrFN3O3. The minimum atomic E-state index is -0.605. The van der Waals surface area contributed by atoms with Crippen molar-refractivity contribution in [3.63, 3.8) is 0 Å². The minimum absolute atomic E-state index is 0.222. The predicted octanol–water partition coefficient (Wildman–Crippen LogP) is 5.34. The Morgan fingerprint density at radius 1 is 1.29 bits per heavy atom. The van der Waals surface area contributed by atoms with Gasteiger partial charge in [-0.25, -0.2) is 14.2 Å². The summed E-state index contributed by atoms with van der Waals surface area (Å²) in [4.78, 5) is 33.8. The van der Waals surface area contributed by atoms with Gasteiger partial charge in [-0.2, -0.15) is 0 Å². The number of hydrogen-bond acceptors (Lipinski definition) is 4. The standard InChI is InChI=1S/C23H27BrFN3O3/c1-15-7-5-11-26-20(15)28(21(29)16-9-10-18(24)19(25)13-16)17-8-6-12-27(14-17)22(30)31-23(2,3)4/h5,7,9-11,13,17H,6,8,12,14H2,1-4H3/t17-/m1/s1. The Kier molecular flexibility index (Phi) is 6.99. The zero-order chi connectivity index (χ0) is 22.8. The summed E-state index contributed by atoms with van der Waals surface area (Å²) in [7, 11) is 0. The normalized spacial score (nSPS) is 16.7. The minimum Gasteiger partial charge on any atom is -0.444 e. The fourth-order valence-corrected chi connectivity index (χ4v) is 3.84. The molecule has 0 radical (unpaired) electrons. The third-order valence-corrected chi connectivity index (χ3v) is 5.65. The average molecular weight is 492 g/mol. The Bertz CT molecular complexity index is 977. The first-order valence-electron chi connectivity index (χ1n) is 10.2. The second-order valence-electron chi connectivity index (χ2n) is 8.67. The van der Waals surface area contributed by atoms with E-state index in [1.807, 2.05) is 33.8 Å². The van der Waals surface area contributed by atoms with E-state index in [4.69, 9.17) is 4.74 Å². The Morgan fingerprint density at radius 3 is 2.68 bits per heavy atom. The molecule has 0 aliphatic carbocycles. The van der Waals surface area contributed by atoms with Crippen molar-refractivity contribution < 1.29 is 18.7 Å². The van der Waals surface area contributed by atoms with E-state index >= 15 is 0 Å². The van der Waals surface area contributed by atoms with E-state index in [2.05, 4.69) is 20.9 Å². The van der Waals surface area contributed by atoms with Crippen LogP contribution in [0.1, 0.15) is 49.5 Å². The summed E-state index contributed by atoms with van der Waals surface area (Å²) >= 11 is 3.13. The van der Waals surface area contributed by atoms with E-state index in [0.717, 1.165) is 5.56 Å². The van der Waals surface area contributed by atoms with Crippen LogP contribution in [-0.2, 0) is 4.74 Å². The molecular weight excluding hydrogens is 465 g/mol. The number of carbonyl (C=O) groups excluding carboxylic acids is 2. The number of anilines is 1. The number of aromatic nitrogens is 1. The quantitative estimate of drug-likeness (QED) is 0.581. The van der Waals surface area contributed by atoms with Crippen molar-refractivity contribution >= 4 is 33.7 Å². The molecule has 1 aliphatic rings. The summed E-state index contributed by atoms with van der Waals surface area (Å²) in [5, 5.41) is 0. The molecule has 1 fully saturated rings. The van der Waals surface area contributed by atoms with E-state index < -0.39 is 17.5 Å².